The Balaban J connectivity index is 1.84. The minimum Gasteiger partial charge on any atom is -0.504 e. The van der Waals surface area contributed by atoms with Crippen molar-refractivity contribution in [2.75, 3.05) is 11.9 Å². The molecule has 0 spiro atoms. The second-order valence-electron chi connectivity index (χ2n) is 5.43. The smallest absolute Gasteiger partial charge is 0.247 e. The van der Waals surface area contributed by atoms with Gasteiger partial charge in [0.15, 0.2) is 11.5 Å². The van der Waals surface area contributed by atoms with Gasteiger partial charge in [0.25, 0.3) is 0 Å². The van der Waals surface area contributed by atoms with E-state index in [-0.39, 0.29) is 24.0 Å². The highest BCUT2D eigenvalue weighted by Crippen LogP contribution is 2.26. The largest absolute Gasteiger partial charge is 0.504 e. The molecule has 144 valence electrons. The number of hydrogen-bond acceptors (Lipinski definition) is 8. The normalized spacial score (nSPS) is 10.7. The summed E-state index contributed by atoms with van der Waals surface area (Å²) in [6.45, 7) is 4.18. The van der Waals surface area contributed by atoms with Crippen LogP contribution in [0.3, 0.4) is 0 Å². The number of aromatic hydroxyl groups is 1. The van der Waals surface area contributed by atoms with Gasteiger partial charge < -0.3 is 15.2 Å². The van der Waals surface area contributed by atoms with E-state index in [0.717, 1.165) is 17.8 Å². The molecule has 0 saturated carbocycles. The Labute approximate surface area is 160 Å². The van der Waals surface area contributed by atoms with E-state index in [1.807, 2.05) is 13.8 Å². The van der Waals surface area contributed by atoms with E-state index in [9.17, 15) is 14.7 Å². The van der Waals surface area contributed by atoms with Crippen molar-refractivity contribution in [1.82, 2.24) is 15.6 Å². The molecule has 3 N–H and O–H groups in total. The monoisotopic (exact) mass is 391 g/mol. The topological polar surface area (TPSA) is 126 Å². The number of phenolic OH excluding ortho intramolecular Hbond substituents is 1. The third kappa shape index (κ3) is 6.66. The van der Waals surface area contributed by atoms with Gasteiger partial charge >= 0.3 is 0 Å². The van der Waals surface area contributed by atoms with Crippen LogP contribution in [0.4, 0.5) is 5.13 Å². The quantitative estimate of drug-likeness (QED) is 0.444. The first-order chi connectivity index (χ1) is 13.0. The van der Waals surface area contributed by atoms with Gasteiger partial charge in [-0.2, -0.15) is 5.10 Å². The zero-order chi connectivity index (χ0) is 19.6. The summed E-state index contributed by atoms with van der Waals surface area (Å²) < 4.78 is 5.24. The highest BCUT2D eigenvalue weighted by atomic mass is 32.1. The number of nitrogens with zero attached hydrogens (tertiary/aromatic N) is 3. The minimum absolute atomic E-state index is 0.00126. The number of benzene rings is 1. The number of rotatable bonds is 9. The molecule has 2 amide bonds. The van der Waals surface area contributed by atoms with Crippen molar-refractivity contribution in [3.05, 3.63) is 28.8 Å². The highest BCUT2D eigenvalue weighted by molar-refractivity contribution is 7.15. The predicted molar refractivity (Wildman–Crippen MR) is 102 cm³/mol. The van der Waals surface area contributed by atoms with Gasteiger partial charge in [-0.3, -0.25) is 9.59 Å². The second-order valence-corrected chi connectivity index (χ2v) is 6.49. The van der Waals surface area contributed by atoms with Crippen LogP contribution in [0.25, 0.3) is 0 Å². The molecule has 0 saturated heterocycles. The van der Waals surface area contributed by atoms with Gasteiger partial charge in [-0.05, 0) is 37.1 Å². The van der Waals surface area contributed by atoms with Gasteiger partial charge in [0.2, 0.25) is 16.9 Å². The van der Waals surface area contributed by atoms with Crippen LogP contribution in [-0.4, -0.2) is 39.9 Å². The summed E-state index contributed by atoms with van der Waals surface area (Å²) in [6, 6.07) is 4.81. The number of hydrogen-bond donors (Lipinski definition) is 3. The first-order valence-corrected chi connectivity index (χ1v) is 9.23. The molecular formula is C17H21N5O4S. The standard InChI is InChI=1S/C17H21N5O4S/c1-3-5-14(24)19-17-22-21-16(27-17)9-15(25)20-18-10-11-6-7-13(26-4-2)12(23)8-11/h6-8,10,23H,3-5,9H2,1-2H3,(H,20,25)(H,19,22,24). The van der Waals surface area contributed by atoms with Crippen molar-refractivity contribution in [1.29, 1.82) is 0 Å². The molecule has 0 aliphatic heterocycles. The number of carbonyl (C=O) groups excluding carboxylic acids is 2. The highest BCUT2D eigenvalue weighted by Gasteiger charge is 2.11. The molecule has 2 rings (SSSR count). The summed E-state index contributed by atoms with van der Waals surface area (Å²) in [5.74, 6) is -0.118. The maximum absolute atomic E-state index is 11.9. The van der Waals surface area contributed by atoms with E-state index in [0.29, 0.717) is 34.5 Å². The number of amides is 2. The SMILES string of the molecule is CCCC(=O)Nc1nnc(CC(=O)NN=Cc2ccc(OCC)c(O)c2)s1. The van der Waals surface area contributed by atoms with E-state index < -0.39 is 0 Å². The third-order valence-corrected chi connectivity index (χ3v) is 4.03. The summed E-state index contributed by atoms with van der Waals surface area (Å²) in [4.78, 5) is 23.4. The molecule has 9 nitrogen and oxygen atoms in total. The molecule has 10 heteroatoms. The van der Waals surface area contributed by atoms with E-state index in [4.69, 9.17) is 4.74 Å². The fourth-order valence-electron chi connectivity index (χ4n) is 2.03. The summed E-state index contributed by atoms with van der Waals surface area (Å²) in [7, 11) is 0. The Hall–Kier alpha value is -3.01. The van der Waals surface area contributed by atoms with Crippen LogP contribution in [0, 0.1) is 0 Å². The van der Waals surface area contributed by atoms with Crippen molar-refractivity contribution in [2.45, 2.75) is 33.1 Å². The molecule has 27 heavy (non-hydrogen) atoms. The molecule has 0 unspecified atom stereocenters. The Morgan fingerprint density at radius 1 is 1.30 bits per heavy atom. The van der Waals surface area contributed by atoms with E-state index in [2.05, 4.69) is 26.0 Å². The number of nitrogens with one attached hydrogen (secondary N) is 2. The number of phenols is 1. The molecule has 0 aliphatic carbocycles. The number of anilines is 1. The van der Waals surface area contributed by atoms with Crippen LogP contribution in [0.5, 0.6) is 11.5 Å². The van der Waals surface area contributed by atoms with Gasteiger partial charge in [-0.1, -0.05) is 18.3 Å². The van der Waals surface area contributed by atoms with Gasteiger partial charge in [-0.25, -0.2) is 5.43 Å². The molecule has 1 aromatic heterocycles. The fraction of sp³-hybridized carbons (Fsp3) is 0.353. The lowest BCUT2D eigenvalue weighted by Gasteiger charge is -2.05. The van der Waals surface area contributed by atoms with Gasteiger partial charge in [0.1, 0.15) is 5.01 Å². The van der Waals surface area contributed by atoms with Gasteiger partial charge in [0, 0.05) is 6.42 Å². The average molecular weight is 391 g/mol. The minimum atomic E-state index is -0.371. The van der Waals surface area contributed by atoms with E-state index in [1.54, 1.807) is 12.1 Å². The molecular weight excluding hydrogens is 370 g/mol. The molecule has 1 aromatic carbocycles. The maximum atomic E-state index is 11.9. The average Bonchev–Trinajstić information content (AvgIpc) is 3.04. The third-order valence-electron chi connectivity index (χ3n) is 3.19. The first-order valence-electron chi connectivity index (χ1n) is 8.41. The van der Waals surface area contributed by atoms with E-state index in [1.165, 1.54) is 12.3 Å². The lowest BCUT2D eigenvalue weighted by Crippen LogP contribution is -2.19. The lowest BCUT2D eigenvalue weighted by atomic mass is 10.2. The first kappa shape index (κ1) is 20.3. The van der Waals surface area contributed by atoms with Crippen molar-refractivity contribution >= 4 is 34.5 Å². The Morgan fingerprint density at radius 2 is 2.11 bits per heavy atom. The fourth-order valence-corrected chi connectivity index (χ4v) is 2.79. The Kier molecular flexibility index (Phi) is 7.68. The maximum Gasteiger partial charge on any atom is 0.247 e. The van der Waals surface area contributed by atoms with Crippen molar-refractivity contribution in [2.24, 2.45) is 5.10 Å². The van der Waals surface area contributed by atoms with Crippen molar-refractivity contribution in [3.63, 3.8) is 0 Å². The predicted octanol–water partition coefficient (Wildman–Crippen LogP) is 2.07. The molecule has 0 bridgehead atoms. The molecule has 2 aromatic rings. The van der Waals surface area contributed by atoms with Crippen LogP contribution in [0.2, 0.25) is 0 Å². The summed E-state index contributed by atoms with van der Waals surface area (Å²) in [5, 5.41) is 24.8. The van der Waals surface area contributed by atoms with Crippen LogP contribution in [0.15, 0.2) is 23.3 Å². The summed E-state index contributed by atoms with van der Waals surface area (Å²) in [5.41, 5.74) is 2.98. The molecule has 0 atom stereocenters. The summed E-state index contributed by atoms with van der Waals surface area (Å²) >= 11 is 1.14. The Bertz CT molecular complexity index is 821. The summed E-state index contributed by atoms with van der Waals surface area (Å²) in [6.07, 6.45) is 2.55. The number of ether oxygens (including phenoxy) is 1. The second kappa shape index (κ2) is 10.2. The van der Waals surface area contributed by atoms with Gasteiger partial charge in [-0.15, -0.1) is 10.2 Å². The number of hydrazone groups is 1. The van der Waals surface area contributed by atoms with Crippen LogP contribution >= 0.6 is 11.3 Å². The number of carbonyl (C=O) groups is 2. The zero-order valence-electron chi connectivity index (χ0n) is 15.1. The molecule has 0 radical (unpaired) electrons. The zero-order valence-corrected chi connectivity index (χ0v) is 15.9. The Morgan fingerprint density at radius 3 is 2.81 bits per heavy atom. The van der Waals surface area contributed by atoms with Crippen molar-refractivity contribution < 1.29 is 19.4 Å². The van der Waals surface area contributed by atoms with E-state index >= 15 is 0 Å². The van der Waals surface area contributed by atoms with Crippen LogP contribution in [-0.2, 0) is 16.0 Å². The lowest BCUT2D eigenvalue weighted by molar-refractivity contribution is -0.120. The molecule has 0 fully saturated rings. The van der Waals surface area contributed by atoms with Crippen molar-refractivity contribution in [3.8, 4) is 11.5 Å². The van der Waals surface area contributed by atoms with Gasteiger partial charge in [0.05, 0.1) is 19.2 Å². The van der Waals surface area contributed by atoms with Crippen LogP contribution < -0.4 is 15.5 Å². The molecule has 1 heterocycles. The number of aromatic nitrogens is 2. The molecule has 0 aliphatic rings. The van der Waals surface area contributed by atoms with Crippen LogP contribution in [0.1, 0.15) is 37.3 Å².